The molecule has 0 radical (unpaired) electrons. The predicted molar refractivity (Wildman–Crippen MR) is 61.0 cm³/mol. The van der Waals surface area contributed by atoms with Crippen molar-refractivity contribution in [3.8, 4) is 0 Å². The van der Waals surface area contributed by atoms with E-state index in [1.165, 1.54) is 0 Å². The third-order valence-electron chi connectivity index (χ3n) is 2.48. The fourth-order valence-corrected chi connectivity index (χ4v) is 1.62. The molecule has 0 aliphatic rings. The van der Waals surface area contributed by atoms with E-state index in [0.717, 1.165) is 17.9 Å². The van der Waals surface area contributed by atoms with Crippen molar-refractivity contribution in [2.45, 2.75) is 25.4 Å². The highest BCUT2D eigenvalue weighted by Gasteiger charge is 2.07. The van der Waals surface area contributed by atoms with Crippen molar-refractivity contribution in [2.75, 3.05) is 0 Å². The molecule has 16 heavy (non-hydrogen) atoms. The molecule has 0 aliphatic carbocycles. The highest BCUT2D eigenvalue weighted by molar-refractivity contribution is 5.04. The number of nitrogens with zero attached hydrogens (tertiary/aromatic N) is 1. The summed E-state index contributed by atoms with van der Waals surface area (Å²) in [6.45, 7) is 0. The van der Waals surface area contributed by atoms with Gasteiger partial charge in [0, 0.05) is 18.3 Å². The molecule has 84 valence electrons. The van der Waals surface area contributed by atoms with Crippen molar-refractivity contribution in [3.63, 3.8) is 0 Å². The van der Waals surface area contributed by atoms with Crippen LogP contribution in [0.1, 0.15) is 17.9 Å². The standard InChI is InChI=1S/C13H15NO2/c15-12(10-13-5-3-9-16-13)7-6-11-4-1-2-8-14-11/h1-5,8-9,12,15H,6-7,10H2. The zero-order valence-corrected chi connectivity index (χ0v) is 9.04. The van der Waals surface area contributed by atoms with E-state index in [9.17, 15) is 5.11 Å². The Bertz CT molecular complexity index is 397. The lowest BCUT2D eigenvalue weighted by atomic mass is 10.1. The number of rotatable bonds is 5. The Morgan fingerprint density at radius 1 is 1.25 bits per heavy atom. The maximum absolute atomic E-state index is 9.79. The molecule has 1 atom stereocenters. The van der Waals surface area contributed by atoms with E-state index in [1.807, 2.05) is 30.3 Å². The van der Waals surface area contributed by atoms with Crippen LogP contribution in [0.5, 0.6) is 0 Å². The number of aromatic nitrogens is 1. The molecule has 3 nitrogen and oxygen atoms in total. The van der Waals surface area contributed by atoms with Gasteiger partial charge in [0.2, 0.25) is 0 Å². The lowest BCUT2D eigenvalue weighted by Gasteiger charge is -2.07. The van der Waals surface area contributed by atoms with Gasteiger partial charge in [-0.15, -0.1) is 0 Å². The summed E-state index contributed by atoms with van der Waals surface area (Å²) >= 11 is 0. The Balaban J connectivity index is 1.78. The summed E-state index contributed by atoms with van der Waals surface area (Å²) < 4.78 is 5.18. The molecular weight excluding hydrogens is 202 g/mol. The quantitative estimate of drug-likeness (QED) is 0.835. The molecule has 0 amide bonds. The lowest BCUT2D eigenvalue weighted by molar-refractivity contribution is 0.157. The van der Waals surface area contributed by atoms with Gasteiger partial charge in [0.25, 0.3) is 0 Å². The van der Waals surface area contributed by atoms with Gasteiger partial charge in [-0.3, -0.25) is 4.98 Å². The summed E-state index contributed by atoms with van der Waals surface area (Å²) in [4.78, 5) is 4.21. The number of aliphatic hydroxyl groups is 1. The van der Waals surface area contributed by atoms with Crippen molar-refractivity contribution in [1.82, 2.24) is 4.98 Å². The number of aryl methyl sites for hydroxylation is 1. The molecule has 0 saturated carbocycles. The zero-order chi connectivity index (χ0) is 11.2. The van der Waals surface area contributed by atoms with Gasteiger partial charge in [0.05, 0.1) is 12.4 Å². The molecule has 2 aromatic rings. The van der Waals surface area contributed by atoms with Crippen LogP contribution in [0.2, 0.25) is 0 Å². The molecule has 3 heteroatoms. The van der Waals surface area contributed by atoms with E-state index in [-0.39, 0.29) is 6.10 Å². The van der Waals surface area contributed by atoms with E-state index in [0.29, 0.717) is 12.8 Å². The van der Waals surface area contributed by atoms with E-state index >= 15 is 0 Å². The van der Waals surface area contributed by atoms with Crippen LogP contribution >= 0.6 is 0 Å². The maximum Gasteiger partial charge on any atom is 0.106 e. The first-order valence-electron chi connectivity index (χ1n) is 5.45. The van der Waals surface area contributed by atoms with Crippen LogP contribution in [-0.2, 0) is 12.8 Å². The molecule has 1 N–H and O–H groups in total. The van der Waals surface area contributed by atoms with Crippen molar-refractivity contribution in [3.05, 3.63) is 54.2 Å². The first kappa shape index (κ1) is 10.9. The monoisotopic (exact) mass is 217 g/mol. The third-order valence-corrected chi connectivity index (χ3v) is 2.48. The van der Waals surface area contributed by atoms with Crippen LogP contribution in [0.25, 0.3) is 0 Å². The number of furan rings is 1. The van der Waals surface area contributed by atoms with Gasteiger partial charge in [-0.2, -0.15) is 0 Å². The number of aliphatic hydroxyl groups excluding tert-OH is 1. The summed E-state index contributed by atoms with van der Waals surface area (Å²) in [6, 6.07) is 9.54. The normalized spacial score (nSPS) is 12.6. The first-order chi connectivity index (χ1) is 7.84. The summed E-state index contributed by atoms with van der Waals surface area (Å²) in [5, 5.41) is 9.79. The van der Waals surface area contributed by atoms with Crippen LogP contribution < -0.4 is 0 Å². The van der Waals surface area contributed by atoms with Crippen LogP contribution in [0, 0.1) is 0 Å². The Hall–Kier alpha value is -1.61. The summed E-state index contributed by atoms with van der Waals surface area (Å²) in [5.74, 6) is 0.827. The van der Waals surface area contributed by atoms with Crippen molar-refractivity contribution >= 4 is 0 Å². The number of pyridine rings is 1. The second-order valence-corrected chi connectivity index (χ2v) is 3.80. The molecule has 1 unspecified atom stereocenters. The SMILES string of the molecule is OC(CCc1ccccn1)Cc1ccco1. The van der Waals surface area contributed by atoms with Gasteiger partial charge in [0.1, 0.15) is 5.76 Å². The minimum atomic E-state index is -0.367. The number of hydrogen-bond donors (Lipinski definition) is 1. The highest BCUT2D eigenvalue weighted by atomic mass is 16.3. The first-order valence-corrected chi connectivity index (χ1v) is 5.45. The summed E-state index contributed by atoms with van der Waals surface area (Å²) in [6.07, 6.45) is 5.10. The van der Waals surface area contributed by atoms with E-state index < -0.39 is 0 Å². The van der Waals surface area contributed by atoms with Crippen LogP contribution in [0.3, 0.4) is 0 Å². The molecule has 2 rings (SSSR count). The Morgan fingerprint density at radius 2 is 2.19 bits per heavy atom. The van der Waals surface area contributed by atoms with Crippen molar-refractivity contribution in [2.24, 2.45) is 0 Å². The third kappa shape index (κ3) is 3.21. The summed E-state index contributed by atoms with van der Waals surface area (Å²) in [7, 11) is 0. The number of hydrogen-bond acceptors (Lipinski definition) is 3. The smallest absolute Gasteiger partial charge is 0.106 e. The average molecular weight is 217 g/mol. The highest BCUT2D eigenvalue weighted by Crippen LogP contribution is 2.09. The molecule has 0 saturated heterocycles. The van der Waals surface area contributed by atoms with Gasteiger partial charge < -0.3 is 9.52 Å². The van der Waals surface area contributed by atoms with Gasteiger partial charge in [-0.1, -0.05) is 6.07 Å². The Kier molecular flexibility index (Phi) is 3.72. The van der Waals surface area contributed by atoms with Gasteiger partial charge in [0.15, 0.2) is 0 Å². The van der Waals surface area contributed by atoms with Crippen LogP contribution in [0.15, 0.2) is 47.2 Å². The minimum Gasteiger partial charge on any atom is -0.469 e. The van der Waals surface area contributed by atoms with Gasteiger partial charge in [-0.05, 0) is 37.1 Å². The lowest BCUT2D eigenvalue weighted by Crippen LogP contribution is -2.11. The molecule has 2 heterocycles. The second-order valence-electron chi connectivity index (χ2n) is 3.80. The summed E-state index contributed by atoms with van der Waals surface area (Å²) in [5.41, 5.74) is 1.01. The van der Waals surface area contributed by atoms with Gasteiger partial charge >= 0.3 is 0 Å². The Morgan fingerprint density at radius 3 is 2.88 bits per heavy atom. The largest absolute Gasteiger partial charge is 0.469 e. The van der Waals surface area contributed by atoms with E-state index in [1.54, 1.807) is 12.5 Å². The van der Waals surface area contributed by atoms with Crippen molar-refractivity contribution < 1.29 is 9.52 Å². The molecule has 2 aromatic heterocycles. The van der Waals surface area contributed by atoms with E-state index in [2.05, 4.69) is 4.98 Å². The molecular formula is C13H15NO2. The predicted octanol–water partition coefficient (Wildman–Crippen LogP) is 2.21. The minimum absolute atomic E-state index is 0.367. The molecule has 0 aromatic carbocycles. The van der Waals surface area contributed by atoms with E-state index in [4.69, 9.17) is 4.42 Å². The Labute approximate surface area is 94.8 Å². The molecule has 0 aliphatic heterocycles. The van der Waals surface area contributed by atoms with Crippen molar-refractivity contribution in [1.29, 1.82) is 0 Å². The topological polar surface area (TPSA) is 46.3 Å². The molecule has 0 bridgehead atoms. The fraction of sp³-hybridized carbons (Fsp3) is 0.308. The van der Waals surface area contributed by atoms with Crippen LogP contribution in [-0.4, -0.2) is 16.2 Å². The maximum atomic E-state index is 9.79. The van der Waals surface area contributed by atoms with Gasteiger partial charge in [-0.25, -0.2) is 0 Å². The second kappa shape index (κ2) is 5.47. The zero-order valence-electron chi connectivity index (χ0n) is 9.04. The fourth-order valence-electron chi connectivity index (χ4n) is 1.62. The van der Waals surface area contributed by atoms with Crippen LogP contribution in [0.4, 0.5) is 0 Å². The molecule has 0 fully saturated rings. The average Bonchev–Trinajstić information content (AvgIpc) is 2.81. The molecule has 0 spiro atoms.